The van der Waals surface area contributed by atoms with Crippen LogP contribution in [0.2, 0.25) is 0 Å². The van der Waals surface area contributed by atoms with Crippen LogP contribution >= 0.6 is 7.92 Å². The van der Waals surface area contributed by atoms with Gasteiger partial charge in [0.2, 0.25) is 0 Å². The molecule has 138 valence electrons. The second kappa shape index (κ2) is 8.55. The molecule has 0 N–H and O–H groups in total. The van der Waals surface area contributed by atoms with Crippen LogP contribution in [0.4, 0.5) is 0 Å². The maximum Gasteiger partial charge on any atom is 0.0676 e. The van der Waals surface area contributed by atoms with Crippen molar-refractivity contribution in [2.45, 2.75) is 6.04 Å². The highest BCUT2D eigenvalue weighted by molar-refractivity contribution is 7.79. The molecule has 0 heterocycles. The van der Waals surface area contributed by atoms with E-state index < -0.39 is 7.92 Å². The summed E-state index contributed by atoms with van der Waals surface area (Å²) in [4.78, 5) is 2.29. The normalized spacial score (nSPS) is 13.9. The maximum atomic E-state index is 3.43. The SMILES string of the molecule is CN(C)[C@H](C1=C=CC=C1)c1ccccc1P(c1ccccc1)c1ccccc1. The van der Waals surface area contributed by atoms with Crippen molar-refractivity contribution >= 4 is 23.8 Å². The second-order valence-corrected chi connectivity index (χ2v) is 9.24. The Labute approximate surface area is 169 Å². The molecule has 0 radical (unpaired) electrons. The number of nitrogens with zero attached hydrogens (tertiary/aromatic N) is 1. The molecule has 3 aromatic carbocycles. The molecule has 4 rings (SSSR count). The van der Waals surface area contributed by atoms with Crippen molar-refractivity contribution in [1.29, 1.82) is 0 Å². The smallest absolute Gasteiger partial charge is 0.0676 e. The summed E-state index contributed by atoms with van der Waals surface area (Å²) in [6.45, 7) is 0. The van der Waals surface area contributed by atoms with E-state index in [2.05, 4.69) is 122 Å². The van der Waals surface area contributed by atoms with Gasteiger partial charge >= 0.3 is 0 Å². The molecule has 0 spiro atoms. The Morgan fingerprint density at radius 3 is 1.86 bits per heavy atom. The number of likely N-dealkylation sites (N-methyl/N-ethyl adjacent to an activating group) is 1. The first-order chi connectivity index (χ1) is 13.8. The van der Waals surface area contributed by atoms with Gasteiger partial charge in [-0.1, -0.05) is 91.0 Å². The molecule has 0 aliphatic heterocycles. The van der Waals surface area contributed by atoms with Crippen molar-refractivity contribution in [2.24, 2.45) is 0 Å². The molecule has 1 aliphatic rings. The highest BCUT2D eigenvalue weighted by Crippen LogP contribution is 2.38. The molecule has 0 bridgehead atoms. The van der Waals surface area contributed by atoms with Crippen LogP contribution in [0.3, 0.4) is 0 Å². The molecule has 1 atom stereocenters. The summed E-state index contributed by atoms with van der Waals surface area (Å²) in [6, 6.07) is 30.9. The van der Waals surface area contributed by atoms with E-state index in [1.807, 2.05) is 6.08 Å². The average molecular weight is 381 g/mol. The Balaban J connectivity index is 1.91. The second-order valence-electron chi connectivity index (χ2n) is 7.06. The lowest BCUT2D eigenvalue weighted by molar-refractivity contribution is 0.343. The van der Waals surface area contributed by atoms with Crippen molar-refractivity contribution in [2.75, 3.05) is 14.1 Å². The topological polar surface area (TPSA) is 3.24 Å². The third-order valence-electron chi connectivity index (χ3n) is 4.93. The molecule has 0 amide bonds. The van der Waals surface area contributed by atoms with Crippen LogP contribution in [0.15, 0.2) is 114 Å². The van der Waals surface area contributed by atoms with Crippen LogP contribution in [0, 0.1) is 0 Å². The van der Waals surface area contributed by atoms with Gasteiger partial charge in [0.05, 0.1) is 6.04 Å². The minimum absolute atomic E-state index is 0.184. The fraction of sp³-hybridized carbons (Fsp3) is 0.115. The van der Waals surface area contributed by atoms with Gasteiger partial charge in [-0.3, -0.25) is 4.90 Å². The van der Waals surface area contributed by atoms with E-state index in [1.165, 1.54) is 27.1 Å². The minimum Gasteiger partial charge on any atom is -0.298 e. The van der Waals surface area contributed by atoms with E-state index in [0.717, 1.165) is 0 Å². The summed E-state index contributed by atoms with van der Waals surface area (Å²) in [5, 5.41) is 4.16. The molecule has 0 saturated heterocycles. The number of hydrogen-bond acceptors (Lipinski definition) is 1. The minimum atomic E-state index is -0.640. The van der Waals surface area contributed by atoms with Crippen LogP contribution in [0.25, 0.3) is 0 Å². The molecule has 0 fully saturated rings. The van der Waals surface area contributed by atoms with E-state index >= 15 is 0 Å². The van der Waals surface area contributed by atoms with Gasteiger partial charge in [0, 0.05) is 5.57 Å². The Hall–Kier alpha value is -2.69. The summed E-state index contributed by atoms with van der Waals surface area (Å²) in [7, 11) is 3.66. The van der Waals surface area contributed by atoms with E-state index in [0.29, 0.717) is 0 Å². The Bertz CT molecular complexity index is 989. The third kappa shape index (κ3) is 3.79. The Kier molecular flexibility index (Phi) is 5.70. The van der Waals surface area contributed by atoms with Gasteiger partial charge in [-0.2, -0.15) is 0 Å². The van der Waals surface area contributed by atoms with Crippen LogP contribution in [0.5, 0.6) is 0 Å². The third-order valence-corrected chi connectivity index (χ3v) is 7.45. The molecule has 0 saturated carbocycles. The molecule has 3 aromatic rings. The summed E-state index contributed by atoms with van der Waals surface area (Å²) in [6.07, 6.45) is 6.26. The van der Waals surface area contributed by atoms with E-state index in [4.69, 9.17) is 0 Å². The lowest BCUT2D eigenvalue weighted by Gasteiger charge is -2.30. The van der Waals surface area contributed by atoms with Gasteiger partial charge in [0.1, 0.15) is 0 Å². The monoisotopic (exact) mass is 381 g/mol. The predicted molar refractivity (Wildman–Crippen MR) is 122 cm³/mol. The summed E-state index contributed by atoms with van der Waals surface area (Å²) >= 11 is 0. The molecular formula is C26H24NP. The predicted octanol–water partition coefficient (Wildman–Crippen LogP) is 4.70. The molecular weight excluding hydrogens is 357 g/mol. The van der Waals surface area contributed by atoms with Gasteiger partial charge in [-0.15, -0.1) is 5.73 Å². The van der Waals surface area contributed by atoms with Crippen molar-refractivity contribution in [3.05, 3.63) is 120 Å². The molecule has 1 nitrogen and oxygen atoms in total. The van der Waals surface area contributed by atoms with Crippen molar-refractivity contribution in [3.63, 3.8) is 0 Å². The van der Waals surface area contributed by atoms with Crippen molar-refractivity contribution in [3.8, 4) is 0 Å². The van der Waals surface area contributed by atoms with Gasteiger partial charge in [0.25, 0.3) is 0 Å². The van der Waals surface area contributed by atoms with E-state index in [1.54, 1.807) is 0 Å². The average Bonchev–Trinajstić information content (AvgIpc) is 3.25. The highest BCUT2D eigenvalue weighted by atomic mass is 31.1. The lowest BCUT2D eigenvalue weighted by atomic mass is 9.99. The summed E-state index contributed by atoms with van der Waals surface area (Å²) in [5.74, 6) is 0. The lowest BCUT2D eigenvalue weighted by Crippen LogP contribution is -2.29. The standard InChI is InChI=1S/C26H24NP/c1-27(2)26(21-13-9-10-14-21)24-19-11-12-20-25(24)28(22-15-5-3-6-16-22)23-17-7-4-8-18-23/h3-13,15-20,26H,1-2H3/t26-/m1/s1. The molecule has 0 unspecified atom stereocenters. The summed E-state index contributed by atoms with van der Waals surface area (Å²) in [5.41, 5.74) is 6.00. The highest BCUT2D eigenvalue weighted by Gasteiger charge is 2.26. The zero-order valence-electron chi connectivity index (χ0n) is 16.3. The zero-order chi connectivity index (χ0) is 19.3. The van der Waals surface area contributed by atoms with Crippen LogP contribution < -0.4 is 15.9 Å². The molecule has 28 heavy (non-hydrogen) atoms. The number of hydrogen-bond donors (Lipinski definition) is 0. The van der Waals surface area contributed by atoms with Gasteiger partial charge < -0.3 is 0 Å². The van der Waals surface area contributed by atoms with Crippen molar-refractivity contribution in [1.82, 2.24) is 4.90 Å². The fourth-order valence-electron chi connectivity index (χ4n) is 3.74. The van der Waals surface area contributed by atoms with Gasteiger partial charge in [0.15, 0.2) is 0 Å². The summed E-state index contributed by atoms with van der Waals surface area (Å²) < 4.78 is 0. The van der Waals surface area contributed by atoms with Gasteiger partial charge in [-0.05, 0) is 55.6 Å². The van der Waals surface area contributed by atoms with Crippen molar-refractivity contribution < 1.29 is 0 Å². The quantitative estimate of drug-likeness (QED) is 0.442. The molecule has 2 heteroatoms. The first-order valence-electron chi connectivity index (χ1n) is 9.54. The first kappa shape index (κ1) is 18.7. The largest absolute Gasteiger partial charge is 0.298 e. The van der Waals surface area contributed by atoms with Crippen LogP contribution in [-0.2, 0) is 0 Å². The first-order valence-corrected chi connectivity index (χ1v) is 10.9. The fourth-order valence-corrected chi connectivity index (χ4v) is 6.23. The van der Waals surface area contributed by atoms with Crippen LogP contribution in [-0.4, -0.2) is 19.0 Å². The molecule has 0 aromatic heterocycles. The zero-order valence-corrected chi connectivity index (χ0v) is 17.2. The van der Waals surface area contributed by atoms with Gasteiger partial charge in [-0.25, -0.2) is 0 Å². The van der Waals surface area contributed by atoms with E-state index in [-0.39, 0.29) is 6.04 Å². The number of benzene rings is 3. The molecule has 1 aliphatic carbocycles. The Morgan fingerprint density at radius 2 is 1.32 bits per heavy atom. The number of allylic oxidation sites excluding steroid dienone is 1. The Morgan fingerprint density at radius 1 is 0.750 bits per heavy atom. The van der Waals surface area contributed by atoms with E-state index in [9.17, 15) is 0 Å². The van der Waals surface area contributed by atoms with Crippen LogP contribution in [0.1, 0.15) is 11.6 Å². The number of rotatable bonds is 6. The maximum absolute atomic E-state index is 3.43.